The van der Waals surface area contributed by atoms with Crippen LogP contribution in [0.3, 0.4) is 0 Å². The first-order valence-corrected chi connectivity index (χ1v) is 5.95. The SMILES string of the molecule is CCOC(=O)CCNC(=O)N1CCC(C(=O)O)C1. The summed E-state index contributed by atoms with van der Waals surface area (Å²) in [6.07, 6.45) is 0.594. The molecule has 1 unspecified atom stereocenters. The molecule has 0 radical (unpaired) electrons. The Morgan fingerprint density at radius 1 is 1.44 bits per heavy atom. The molecule has 1 heterocycles. The lowest BCUT2D eigenvalue weighted by atomic mass is 10.1. The van der Waals surface area contributed by atoms with Crippen LogP contribution in [-0.2, 0) is 14.3 Å². The van der Waals surface area contributed by atoms with Gasteiger partial charge in [-0.2, -0.15) is 0 Å². The van der Waals surface area contributed by atoms with Crippen LogP contribution >= 0.6 is 0 Å². The first kappa shape index (κ1) is 14.3. The lowest BCUT2D eigenvalue weighted by Gasteiger charge is -2.16. The molecule has 0 bridgehead atoms. The number of urea groups is 1. The minimum Gasteiger partial charge on any atom is -0.481 e. The minimum atomic E-state index is -0.878. The largest absolute Gasteiger partial charge is 0.481 e. The van der Waals surface area contributed by atoms with Gasteiger partial charge in [0.1, 0.15) is 0 Å². The van der Waals surface area contributed by atoms with Crippen LogP contribution in [0.1, 0.15) is 19.8 Å². The standard InChI is InChI=1S/C11H18N2O5/c1-2-18-9(14)3-5-12-11(17)13-6-4-8(7-13)10(15)16/h8H,2-7H2,1H3,(H,12,17)(H,15,16). The third kappa shape index (κ3) is 4.23. The third-order valence-electron chi connectivity index (χ3n) is 2.74. The van der Waals surface area contributed by atoms with Gasteiger partial charge in [-0.3, -0.25) is 9.59 Å². The van der Waals surface area contributed by atoms with E-state index in [1.54, 1.807) is 6.92 Å². The Kier molecular flexibility index (Phi) is 5.41. The molecule has 1 aliphatic rings. The third-order valence-corrected chi connectivity index (χ3v) is 2.74. The summed E-state index contributed by atoms with van der Waals surface area (Å²) in [4.78, 5) is 34.8. The predicted octanol–water partition coefficient (Wildman–Crippen LogP) is 0.0557. The zero-order valence-corrected chi connectivity index (χ0v) is 10.3. The fraction of sp³-hybridized carbons (Fsp3) is 0.727. The molecule has 1 fully saturated rings. The summed E-state index contributed by atoms with van der Waals surface area (Å²) < 4.78 is 4.72. The zero-order valence-electron chi connectivity index (χ0n) is 10.3. The summed E-state index contributed by atoms with van der Waals surface area (Å²) in [6.45, 7) is 2.89. The van der Waals surface area contributed by atoms with Crippen molar-refractivity contribution in [3.05, 3.63) is 0 Å². The number of nitrogens with one attached hydrogen (secondary N) is 1. The highest BCUT2D eigenvalue weighted by atomic mass is 16.5. The highest BCUT2D eigenvalue weighted by Gasteiger charge is 2.30. The number of carbonyl (C=O) groups excluding carboxylic acids is 2. The molecule has 1 aliphatic heterocycles. The maximum absolute atomic E-state index is 11.6. The van der Waals surface area contributed by atoms with Crippen LogP contribution in [0.5, 0.6) is 0 Å². The molecule has 0 spiro atoms. The van der Waals surface area contributed by atoms with Crippen LogP contribution in [0.15, 0.2) is 0 Å². The monoisotopic (exact) mass is 258 g/mol. The maximum atomic E-state index is 11.6. The van der Waals surface area contributed by atoms with Gasteiger partial charge in [0.2, 0.25) is 0 Å². The number of aliphatic carboxylic acids is 1. The van der Waals surface area contributed by atoms with Crippen molar-refractivity contribution < 1.29 is 24.2 Å². The Hall–Kier alpha value is -1.79. The minimum absolute atomic E-state index is 0.121. The van der Waals surface area contributed by atoms with Crippen molar-refractivity contribution in [3.8, 4) is 0 Å². The highest BCUT2D eigenvalue weighted by molar-refractivity contribution is 5.78. The number of likely N-dealkylation sites (tertiary alicyclic amines) is 1. The van der Waals surface area contributed by atoms with Gasteiger partial charge in [-0.25, -0.2) is 4.79 Å². The molecule has 102 valence electrons. The second-order valence-corrected chi connectivity index (χ2v) is 4.06. The molecule has 0 aromatic heterocycles. The van der Waals surface area contributed by atoms with E-state index < -0.39 is 11.9 Å². The fourth-order valence-electron chi connectivity index (χ4n) is 1.76. The second-order valence-electron chi connectivity index (χ2n) is 4.06. The van der Waals surface area contributed by atoms with E-state index in [9.17, 15) is 14.4 Å². The number of carboxylic acid groups (broad SMARTS) is 1. The number of amides is 2. The first-order chi connectivity index (χ1) is 8.54. The van der Waals surface area contributed by atoms with E-state index in [1.165, 1.54) is 4.90 Å². The van der Waals surface area contributed by atoms with Crippen molar-refractivity contribution >= 4 is 18.0 Å². The van der Waals surface area contributed by atoms with Crippen molar-refractivity contribution in [2.75, 3.05) is 26.2 Å². The molecule has 1 rings (SSSR count). The normalized spacial score (nSPS) is 18.5. The number of rotatable bonds is 5. The molecule has 1 saturated heterocycles. The van der Waals surface area contributed by atoms with Gasteiger partial charge in [-0.05, 0) is 13.3 Å². The summed E-state index contributed by atoms with van der Waals surface area (Å²) in [5.41, 5.74) is 0. The van der Waals surface area contributed by atoms with Crippen LogP contribution in [0.25, 0.3) is 0 Å². The van der Waals surface area contributed by atoms with Gasteiger partial charge in [-0.15, -0.1) is 0 Å². The Morgan fingerprint density at radius 3 is 2.72 bits per heavy atom. The average Bonchev–Trinajstić information content (AvgIpc) is 2.78. The number of esters is 1. The number of ether oxygens (including phenoxy) is 1. The van der Waals surface area contributed by atoms with Crippen molar-refractivity contribution in [3.63, 3.8) is 0 Å². The van der Waals surface area contributed by atoms with Crippen molar-refractivity contribution in [1.29, 1.82) is 0 Å². The van der Waals surface area contributed by atoms with Crippen LogP contribution in [-0.4, -0.2) is 54.2 Å². The van der Waals surface area contributed by atoms with E-state index in [2.05, 4.69) is 5.32 Å². The molecule has 18 heavy (non-hydrogen) atoms. The topological polar surface area (TPSA) is 95.9 Å². The average molecular weight is 258 g/mol. The summed E-state index contributed by atoms with van der Waals surface area (Å²) >= 11 is 0. The molecule has 0 aliphatic carbocycles. The quantitative estimate of drug-likeness (QED) is 0.679. The summed E-state index contributed by atoms with van der Waals surface area (Å²) in [5, 5.41) is 11.4. The Bertz CT molecular complexity index is 331. The Balaban J connectivity index is 2.22. The number of hydrogen-bond donors (Lipinski definition) is 2. The highest BCUT2D eigenvalue weighted by Crippen LogP contribution is 2.15. The molecule has 1 atom stereocenters. The Labute approximate surface area is 105 Å². The summed E-state index contributed by atoms with van der Waals surface area (Å²) in [6, 6.07) is -0.331. The summed E-state index contributed by atoms with van der Waals surface area (Å²) in [7, 11) is 0. The molecule has 0 aromatic rings. The molecule has 2 N–H and O–H groups in total. The summed E-state index contributed by atoms with van der Waals surface area (Å²) in [5.74, 6) is -1.72. The van der Waals surface area contributed by atoms with E-state index >= 15 is 0 Å². The van der Waals surface area contributed by atoms with Gasteiger partial charge < -0.3 is 20.1 Å². The molecule has 7 nitrogen and oxygen atoms in total. The smallest absolute Gasteiger partial charge is 0.317 e. The van der Waals surface area contributed by atoms with Crippen molar-refractivity contribution in [1.82, 2.24) is 10.2 Å². The molecule has 7 heteroatoms. The van der Waals surface area contributed by atoms with Gasteiger partial charge in [0.05, 0.1) is 18.9 Å². The first-order valence-electron chi connectivity index (χ1n) is 5.95. The molecular weight excluding hydrogens is 240 g/mol. The molecule has 0 saturated carbocycles. The lowest BCUT2D eigenvalue weighted by molar-refractivity contribution is -0.143. The van der Waals surface area contributed by atoms with E-state index in [0.717, 1.165) is 0 Å². The molecule has 2 amide bonds. The Morgan fingerprint density at radius 2 is 2.17 bits per heavy atom. The van der Waals surface area contributed by atoms with E-state index in [1.807, 2.05) is 0 Å². The van der Waals surface area contributed by atoms with Gasteiger partial charge in [0.15, 0.2) is 0 Å². The van der Waals surface area contributed by atoms with Crippen molar-refractivity contribution in [2.45, 2.75) is 19.8 Å². The van der Waals surface area contributed by atoms with Gasteiger partial charge >= 0.3 is 18.0 Å². The molecular formula is C11H18N2O5. The lowest BCUT2D eigenvalue weighted by Crippen LogP contribution is -2.39. The fourth-order valence-corrected chi connectivity index (χ4v) is 1.76. The van der Waals surface area contributed by atoms with Crippen LogP contribution in [0.4, 0.5) is 4.79 Å². The van der Waals surface area contributed by atoms with Crippen LogP contribution in [0.2, 0.25) is 0 Å². The number of hydrogen-bond acceptors (Lipinski definition) is 4. The maximum Gasteiger partial charge on any atom is 0.317 e. The van der Waals surface area contributed by atoms with Gasteiger partial charge in [0.25, 0.3) is 0 Å². The number of nitrogens with zero attached hydrogens (tertiary/aromatic N) is 1. The van der Waals surface area contributed by atoms with Crippen molar-refractivity contribution in [2.24, 2.45) is 5.92 Å². The van der Waals surface area contributed by atoms with E-state index in [0.29, 0.717) is 19.6 Å². The zero-order chi connectivity index (χ0) is 13.5. The second kappa shape index (κ2) is 6.83. The molecule has 0 aromatic carbocycles. The number of carbonyl (C=O) groups is 3. The van der Waals surface area contributed by atoms with Gasteiger partial charge in [-0.1, -0.05) is 0 Å². The van der Waals surface area contributed by atoms with E-state index in [4.69, 9.17) is 9.84 Å². The number of carboxylic acids is 1. The predicted molar refractivity (Wildman–Crippen MR) is 62.0 cm³/mol. The van der Waals surface area contributed by atoms with E-state index in [-0.39, 0.29) is 31.5 Å². The van der Waals surface area contributed by atoms with Gasteiger partial charge in [0, 0.05) is 19.6 Å². The van der Waals surface area contributed by atoms with Crippen LogP contribution in [0, 0.1) is 5.92 Å². The van der Waals surface area contributed by atoms with Crippen LogP contribution < -0.4 is 5.32 Å².